The molecular weight excluding hydrogens is 314 g/mol. The third-order valence-corrected chi connectivity index (χ3v) is 3.99. The molecule has 25 heavy (non-hydrogen) atoms. The van der Waals surface area contributed by atoms with Crippen molar-refractivity contribution in [2.45, 2.75) is 19.4 Å². The fourth-order valence-corrected chi connectivity index (χ4v) is 2.86. The third-order valence-electron chi connectivity index (χ3n) is 3.99. The normalized spacial score (nSPS) is 11.8. The first kappa shape index (κ1) is 18.7. The van der Waals surface area contributed by atoms with Crippen molar-refractivity contribution in [3.63, 3.8) is 0 Å². The number of likely N-dealkylation sites (N-methyl/N-ethyl adjacent to an activating group) is 1. The van der Waals surface area contributed by atoms with E-state index in [0.29, 0.717) is 6.54 Å². The maximum atomic E-state index is 12.2. The summed E-state index contributed by atoms with van der Waals surface area (Å²) in [5.41, 5.74) is 2.27. The number of benzene rings is 2. The van der Waals surface area contributed by atoms with Crippen molar-refractivity contribution in [1.82, 2.24) is 10.6 Å². The molecule has 0 aliphatic carbocycles. The molecule has 2 aromatic carbocycles. The van der Waals surface area contributed by atoms with E-state index in [1.54, 1.807) is 0 Å². The van der Waals surface area contributed by atoms with Gasteiger partial charge in [-0.2, -0.15) is 0 Å². The molecule has 0 aliphatic heterocycles. The van der Waals surface area contributed by atoms with Gasteiger partial charge in [0.25, 0.3) is 5.91 Å². The fourth-order valence-electron chi connectivity index (χ4n) is 2.86. The first-order chi connectivity index (χ1) is 12.1. The molecular formula is C20H26N3O2+. The maximum absolute atomic E-state index is 12.2. The maximum Gasteiger partial charge on any atom is 0.321 e. The Morgan fingerprint density at radius 1 is 0.960 bits per heavy atom. The van der Waals surface area contributed by atoms with Crippen LogP contribution in [0.3, 0.4) is 0 Å². The summed E-state index contributed by atoms with van der Waals surface area (Å²) < 4.78 is 0. The van der Waals surface area contributed by atoms with E-state index in [1.165, 1.54) is 0 Å². The molecule has 0 saturated heterocycles. The Morgan fingerprint density at radius 3 is 1.96 bits per heavy atom. The zero-order valence-electron chi connectivity index (χ0n) is 14.8. The number of urea groups is 1. The molecule has 5 nitrogen and oxygen atoms in total. The largest absolute Gasteiger partial charge is 0.338 e. The molecule has 132 valence electrons. The van der Waals surface area contributed by atoms with Gasteiger partial charge in [-0.05, 0) is 6.42 Å². The van der Waals surface area contributed by atoms with Gasteiger partial charge >= 0.3 is 6.03 Å². The molecule has 0 bridgehead atoms. The molecule has 2 rings (SSSR count). The van der Waals surface area contributed by atoms with Crippen LogP contribution in [0.5, 0.6) is 0 Å². The minimum Gasteiger partial charge on any atom is -0.338 e. The highest BCUT2D eigenvalue weighted by Gasteiger charge is 2.25. The van der Waals surface area contributed by atoms with Gasteiger partial charge in [0, 0.05) is 17.7 Å². The number of quaternary nitrogens is 1. The molecule has 0 aliphatic rings. The van der Waals surface area contributed by atoms with Gasteiger partial charge in [0.05, 0.1) is 7.05 Å². The molecule has 1 unspecified atom stereocenters. The monoisotopic (exact) mass is 340 g/mol. The van der Waals surface area contributed by atoms with Crippen LogP contribution >= 0.6 is 0 Å². The lowest BCUT2D eigenvalue weighted by molar-refractivity contribution is -0.898. The number of rotatable bonds is 7. The molecule has 0 spiro atoms. The Morgan fingerprint density at radius 2 is 1.48 bits per heavy atom. The van der Waals surface area contributed by atoms with Crippen molar-refractivity contribution >= 4 is 11.9 Å². The zero-order chi connectivity index (χ0) is 18.1. The van der Waals surface area contributed by atoms with Gasteiger partial charge in [-0.25, -0.2) is 4.79 Å². The number of hydrogen-bond donors (Lipinski definition) is 3. The van der Waals surface area contributed by atoms with Gasteiger partial charge in [-0.15, -0.1) is 0 Å². The van der Waals surface area contributed by atoms with Gasteiger partial charge in [0.2, 0.25) is 0 Å². The van der Waals surface area contributed by atoms with Crippen LogP contribution in [0.15, 0.2) is 60.7 Å². The zero-order valence-corrected chi connectivity index (χ0v) is 14.8. The second kappa shape index (κ2) is 9.59. The van der Waals surface area contributed by atoms with Gasteiger partial charge in [-0.1, -0.05) is 67.6 Å². The van der Waals surface area contributed by atoms with Crippen LogP contribution in [0.1, 0.15) is 30.5 Å². The smallest absolute Gasteiger partial charge is 0.321 e. The average molecular weight is 340 g/mol. The first-order valence-electron chi connectivity index (χ1n) is 8.61. The summed E-state index contributed by atoms with van der Waals surface area (Å²) >= 11 is 0. The van der Waals surface area contributed by atoms with E-state index in [1.807, 2.05) is 50.4 Å². The highest BCUT2D eigenvalue weighted by molar-refractivity contribution is 5.94. The topological polar surface area (TPSA) is 62.6 Å². The lowest BCUT2D eigenvalue weighted by Crippen LogP contribution is -3.10. The molecule has 5 heteroatoms. The van der Waals surface area contributed by atoms with Crippen molar-refractivity contribution in [2.75, 3.05) is 20.1 Å². The Balaban J connectivity index is 2.10. The summed E-state index contributed by atoms with van der Waals surface area (Å²) in [6.45, 7) is 2.72. The van der Waals surface area contributed by atoms with Crippen LogP contribution in [0.2, 0.25) is 0 Å². The molecule has 0 fully saturated rings. The third kappa shape index (κ3) is 5.72. The van der Waals surface area contributed by atoms with E-state index in [9.17, 15) is 9.59 Å². The minimum atomic E-state index is -0.435. The van der Waals surface area contributed by atoms with Gasteiger partial charge in [0.1, 0.15) is 6.04 Å². The van der Waals surface area contributed by atoms with E-state index >= 15 is 0 Å². The van der Waals surface area contributed by atoms with Crippen LogP contribution in [-0.4, -0.2) is 32.1 Å². The van der Waals surface area contributed by atoms with Crippen LogP contribution < -0.4 is 15.5 Å². The van der Waals surface area contributed by atoms with Crippen molar-refractivity contribution in [3.05, 3.63) is 71.8 Å². The minimum absolute atomic E-state index is 0.0202. The van der Waals surface area contributed by atoms with Crippen molar-refractivity contribution in [1.29, 1.82) is 0 Å². The quantitative estimate of drug-likeness (QED) is 0.716. The van der Waals surface area contributed by atoms with E-state index < -0.39 is 6.03 Å². The number of carbonyl (C=O) groups excluding carboxylic acids is 2. The summed E-state index contributed by atoms with van der Waals surface area (Å²) in [5, 5.41) is 5.04. The molecule has 3 amide bonds. The molecule has 2 aromatic rings. The first-order valence-corrected chi connectivity index (χ1v) is 8.61. The Kier molecular flexibility index (Phi) is 7.16. The second-order valence-electron chi connectivity index (χ2n) is 6.08. The molecule has 3 N–H and O–H groups in total. The molecule has 0 heterocycles. The van der Waals surface area contributed by atoms with Gasteiger partial charge in [0.15, 0.2) is 6.54 Å². The molecule has 0 saturated carbocycles. The Hall–Kier alpha value is -2.66. The molecule has 0 radical (unpaired) electrons. The Bertz CT molecular complexity index is 634. The summed E-state index contributed by atoms with van der Waals surface area (Å²) in [6.07, 6.45) is 0.830. The lowest BCUT2D eigenvalue weighted by atomic mass is 9.97. The van der Waals surface area contributed by atoms with Crippen LogP contribution in [-0.2, 0) is 4.79 Å². The lowest BCUT2D eigenvalue weighted by Gasteiger charge is -2.25. The number of hydrogen-bond acceptors (Lipinski definition) is 2. The number of amides is 3. The van der Waals surface area contributed by atoms with Crippen LogP contribution in [0.4, 0.5) is 4.79 Å². The Labute approximate surface area is 149 Å². The number of nitrogens with one attached hydrogen (secondary N) is 3. The highest BCUT2D eigenvalue weighted by atomic mass is 16.2. The highest BCUT2D eigenvalue weighted by Crippen LogP contribution is 2.18. The predicted octanol–water partition coefficient (Wildman–Crippen LogP) is 1.53. The van der Waals surface area contributed by atoms with E-state index in [0.717, 1.165) is 22.4 Å². The number of imide groups is 1. The van der Waals surface area contributed by atoms with Crippen molar-refractivity contribution in [2.24, 2.45) is 0 Å². The molecule has 1 atom stereocenters. The standard InChI is InChI=1S/C20H25N3O2/c1-3-14-21-20(25)22-18(24)15-23(2)19(16-10-6-4-7-11-16)17-12-8-5-9-13-17/h4-13,19H,3,14-15H2,1-2H3,(H2,21,22,24,25)/p+1. The number of carbonyl (C=O) groups is 2. The van der Waals surface area contributed by atoms with Crippen LogP contribution in [0, 0.1) is 0 Å². The van der Waals surface area contributed by atoms with E-state index in [4.69, 9.17) is 0 Å². The van der Waals surface area contributed by atoms with Crippen molar-refractivity contribution in [3.8, 4) is 0 Å². The van der Waals surface area contributed by atoms with Gasteiger partial charge in [-0.3, -0.25) is 10.1 Å². The summed E-state index contributed by atoms with van der Waals surface area (Å²) in [7, 11) is 1.97. The second-order valence-corrected chi connectivity index (χ2v) is 6.08. The predicted molar refractivity (Wildman–Crippen MR) is 98.3 cm³/mol. The van der Waals surface area contributed by atoms with Crippen molar-refractivity contribution < 1.29 is 14.5 Å². The summed E-state index contributed by atoms with van der Waals surface area (Å²) in [5.74, 6) is -0.289. The van der Waals surface area contributed by atoms with E-state index in [2.05, 4.69) is 34.9 Å². The molecule has 0 aromatic heterocycles. The SMILES string of the molecule is CCCNC(=O)NC(=O)C[NH+](C)C(c1ccccc1)c1ccccc1. The fraction of sp³-hybridized carbons (Fsp3) is 0.300. The van der Waals surface area contributed by atoms with E-state index in [-0.39, 0.29) is 18.5 Å². The van der Waals surface area contributed by atoms with Crippen LogP contribution in [0.25, 0.3) is 0 Å². The van der Waals surface area contributed by atoms with Gasteiger partial charge < -0.3 is 10.2 Å². The summed E-state index contributed by atoms with van der Waals surface area (Å²) in [6, 6.07) is 19.8. The summed E-state index contributed by atoms with van der Waals surface area (Å²) in [4.78, 5) is 24.9. The average Bonchev–Trinajstić information content (AvgIpc) is 2.62.